The summed E-state index contributed by atoms with van der Waals surface area (Å²) in [4.78, 5) is 24.9. The summed E-state index contributed by atoms with van der Waals surface area (Å²) in [7, 11) is 0. The van der Waals surface area contributed by atoms with Gasteiger partial charge in [0.25, 0.3) is 0 Å². The van der Waals surface area contributed by atoms with Gasteiger partial charge in [0.05, 0.1) is 0 Å². The van der Waals surface area contributed by atoms with Crippen molar-refractivity contribution in [2.45, 2.75) is 40.2 Å². The second-order valence-electron chi connectivity index (χ2n) is 6.24. The molecule has 0 spiro atoms. The molecule has 128 valence electrons. The number of hydrogen-bond donors (Lipinski definition) is 1. The standard InChI is InChI=1S/C14H18N2O3.C4H10/c17-13(16-8-4-5-9-16)10-15-14(18)19-11-12-6-2-1-3-7-12;1-4(2)3/h1-3,6-7H,4-5,8-11H2,(H,15,18);4H,1-3H3. The van der Waals surface area contributed by atoms with Crippen LogP contribution in [0.25, 0.3) is 0 Å². The van der Waals surface area contributed by atoms with Crippen molar-refractivity contribution in [3.63, 3.8) is 0 Å². The number of benzene rings is 1. The normalized spacial score (nSPS) is 13.3. The molecule has 1 heterocycles. The van der Waals surface area contributed by atoms with Crippen molar-refractivity contribution in [2.75, 3.05) is 19.6 Å². The number of carbonyl (C=O) groups excluding carboxylic acids is 2. The molecule has 1 aromatic rings. The van der Waals surface area contributed by atoms with Gasteiger partial charge in [-0.05, 0) is 24.3 Å². The Balaban J connectivity index is 0.000000593. The zero-order chi connectivity index (χ0) is 17.1. The Kier molecular flexibility index (Phi) is 8.80. The van der Waals surface area contributed by atoms with Crippen LogP contribution < -0.4 is 5.32 Å². The number of nitrogens with one attached hydrogen (secondary N) is 1. The highest BCUT2D eigenvalue weighted by Crippen LogP contribution is 2.06. The summed E-state index contributed by atoms with van der Waals surface area (Å²) in [6, 6.07) is 9.42. The van der Waals surface area contributed by atoms with Gasteiger partial charge >= 0.3 is 6.09 Å². The Labute approximate surface area is 139 Å². The van der Waals surface area contributed by atoms with Crippen LogP contribution in [0.5, 0.6) is 0 Å². The fourth-order valence-corrected chi connectivity index (χ4v) is 2.00. The molecular formula is C18H28N2O3. The number of alkyl carbamates (subject to hydrolysis) is 1. The monoisotopic (exact) mass is 320 g/mol. The first-order chi connectivity index (χ1) is 11.0. The summed E-state index contributed by atoms with van der Waals surface area (Å²) in [5.41, 5.74) is 0.920. The lowest BCUT2D eigenvalue weighted by Gasteiger charge is -2.15. The van der Waals surface area contributed by atoms with Crippen molar-refractivity contribution >= 4 is 12.0 Å². The predicted octanol–water partition coefficient (Wildman–Crippen LogP) is 3.20. The zero-order valence-electron chi connectivity index (χ0n) is 14.4. The molecule has 2 amide bonds. The van der Waals surface area contributed by atoms with Gasteiger partial charge in [0.1, 0.15) is 13.2 Å². The summed E-state index contributed by atoms with van der Waals surface area (Å²) < 4.78 is 5.02. The predicted molar refractivity (Wildman–Crippen MR) is 91.0 cm³/mol. The number of amides is 2. The first-order valence-electron chi connectivity index (χ1n) is 8.21. The number of ether oxygens (including phenoxy) is 1. The van der Waals surface area contributed by atoms with E-state index in [4.69, 9.17) is 4.74 Å². The van der Waals surface area contributed by atoms with Crippen LogP contribution in [0.4, 0.5) is 4.79 Å². The first-order valence-corrected chi connectivity index (χ1v) is 8.21. The van der Waals surface area contributed by atoms with E-state index in [-0.39, 0.29) is 19.1 Å². The van der Waals surface area contributed by atoms with Crippen LogP contribution >= 0.6 is 0 Å². The first kappa shape index (κ1) is 19.0. The maximum Gasteiger partial charge on any atom is 0.407 e. The van der Waals surface area contributed by atoms with Gasteiger partial charge < -0.3 is 15.0 Å². The molecule has 0 saturated carbocycles. The van der Waals surface area contributed by atoms with Crippen molar-refractivity contribution in [3.8, 4) is 0 Å². The Morgan fingerprint density at radius 2 is 1.70 bits per heavy atom. The van der Waals surface area contributed by atoms with E-state index in [1.54, 1.807) is 4.90 Å². The number of hydrogen-bond acceptors (Lipinski definition) is 3. The topological polar surface area (TPSA) is 58.6 Å². The molecule has 1 aromatic carbocycles. The van der Waals surface area contributed by atoms with Crippen molar-refractivity contribution in [3.05, 3.63) is 35.9 Å². The van der Waals surface area contributed by atoms with E-state index < -0.39 is 6.09 Å². The highest BCUT2D eigenvalue weighted by atomic mass is 16.5. The minimum Gasteiger partial charge on any atom is -0.445 e. The van der Waals surface area contributed by atoms with Gasteiger partial charge in [-0.3, -0.25) is 4.79 Å². The number of carbonyl (C=O) groups is 2. The fraction of sp³-hybridized carbons (Fsp3) is 0.556. The van der Waals surface area contributed by atoms with Crippen LogP contribution in [0.15, 0.2) is 30.3 Å². The van der Waals surface area contributed by atoms with E-state index >= 15 is 0 Å². The summed E-state index contributed by atoms with van der Waals surface area (Å²) in [5.74, 6) is 0.786. The third-order valence-electron chi connectivity index (χ3n) is 3.06. The molecule has 0 radical (unpaired) electrons. The van der Waals surface area contributed by atoms with E-state index in [0.717, 1.165) is 37.4 Å². The van der Waals surface area contributed by atoms with Crippen LogP contribution in [0.3, 0.4) is 0 Å². The lowest BCUT2D eigenvalue weighted by atomic mass is 10.2. The highest BCUT2D eigenvalue weighted by Gasteiger charge is 2.18. The Morgan fingerprint density at radius 1 is 1.13 bits per heavy atom. The molecule has 1 aliphatic rings. The minimum absolute atomic E-state index is 0.00756. The number of nitrogens with zero attached hydrogens (tertiary/aromatic N) is 1. The molecule has 1 aliphatic heterocycles. The molecule has 2 rings (SSSR count). The molecule has 0 bridgehead atoms. The van der Waals surface area contributed by atoms with E-state index in [9.17, 15) is 9.59 Å². The zero-order valence-corrected chi connectivity index (χ0v) is 14.4. The van der Waals surface area contributed by atoms with Gasteiger partial charge in [-0.25, -0.2) is 4.79 Å². The molecule has 1 fully saturated rings. The molecule has 1 saturated heterocycles. The second-order valence-corrected chi connectivity index (χ2v) is 6.24. The van der Waals surface area contributed by atoms with Crippen molar-refractivity contribution < 1.29 is 14.3 Å². The smallest absolute Gasteiger partial charge is 0.407 e. The molecule has 5 heteroatoms. The molecule has 0 aromatic heterocycles. The molecular weight excluding hydrogens is 292 g/mol. The third kappa shape index (κ3) is 8.86. The summed E-state index contributed by atoms with van der Waals surface area (Å²) >= 11 is 0. The minimum atomic E-state index is -0.559. The van der Waals surface area contributed by atoms with Crippen LogP contribution in [0.2, 0.25) is 0 Å². The quantitative estimate of drug-likeness (QED) is 0.927. The van der Waals surface area contributed by atoms with Crippen molar-refractivity contribution in [1.29, 1.82) is 0 Å². The lowest BCUT2D eigenvalue weighted by Crippen LogP contribution is -2.38. The third-order valence-corrected chi connectivity index (χ3v) is 3.06. The summed E-state index contributed by atoms with van der Waals surface area (Å²) in [5, 5.41) is 2.48. The fourth-order valence-electron chi connectivity index (χ4n) is 2.00. The van der Waals surface area contributed by atoms with Crippen LogP contribution in [-0.2, 0) is 16.1 Å². The van der Waals surface area contributed by atoms with Gasteiger partial charge in [-0.15, -0.1) is 0 Å². The van der Waals surface area contributed by atoms with E-state index in [1.165, 1.54) is 0 Å². The van der Waals surface area contributed by atoms with Crippen molar-refractivity contribution in [1.82, 2.24) is 10.2 Å². The van der Waals surface area contributed by atoms with Crippen LogP contribution in [0.1, 0.15) is 39.2 Å². The van der Waals surface area contributed by atoms with Crippen LogP contribution in [-0.4, -0.2) is 36.5 Å². The average Bonchev–Trinajstić information content (AvgIpc) is 3.05. The summed E-state index contributed by atoms with van der Waals surface area (Å²) in [6.45, 7) is 8.30. The SMILES string of the molecule is CC(C)C.O=C(NCC(=O)N1CCCC1)OCc1ccccc1. The van der Waals surface area contributed by atoms with E-state index in [1.807, 2.05) is 30.3 Å². The van der Waals surface area contributed by atoms with Gasteiger partial charge in [0.2, 0.25) is 5.91 Å². The lowest BCUT2D eigenvalue weighted by molar-refractivity contribution is -0.129. The van der Waals surface area contributed by atoms with E-state index in [2.05, 4.69) is 26.1 Å². The molecule has 23 heavy (non-hydrogen) atoms. The van der Waals surface area contributed by atoms with Gasteiger partial charge in [-0.1, -0.05) is 51.1 Å². The van der Waals surface area contributed by atoms with Gasteiger partial charge in [0.15, 0.2) is 0 Å². The maximum atomic E-state index is 11.7. The highest BCUT2D eigenvalue weighted by molar-refractivity contribution is 5.82. The molecule has 1 N–H and O–H groups in total. The number of rotatable bonds is 4. The maximum absolute atomic E-state index is 11.7. The summed E-state index contributed by atoms with van der Waals surface area (Å²) in [6.07, 6.45) is 1.53. The van der Waals surface area contributed by atoms with E-state index in [0.29, 0.717) is 0 Å². The van der Waals surface area contributed by atoms with Crippen LogP contribution in [0, 0.1) is 5.92 Å². The molecule has 0 unspecified atom stereocenters. The molecule has 0 aliphatic carbocycles. The Hall–Kier alpha value is -2.04. The molecule has 5 nitrogen and oxygen atoms in total. The molecule has 0 atom stereocenters. The van der Waals surface area contributed by atoms with Gasteiger partial charge in [0, 0.05) is 13.1 Å². The largest absolute Gasteiger partial charge is 0.445 e. The average molecular weight is 320 g/mol. The van der Waals surface area contributed by atoms with Gasteiger partial charge in [-0.2, -0.15) is 0 Å². The second kappa shape index (κ2) is 10.6. The van der Waals surface area contributed by atoms with Crippen molar-refractivity contribution in [2.24, 2.45) is 5.92 Å². The number of likely N-dealkylation sites (tertiary alicyclic amines) is 1. The Bertz CT molecular complexity index is 466. The Morgan fingerprint density at radius 3 is 2.26 bits per heavy atom.